The van der Waals surface area contributed by atoms with E-state index in [4.69, 9.17) is 4.74 Å². The van der Waals surface area contributed by atoms with Gasteiger partial charge in [-0.15, -0.1) is 15.3 Å². The maximum Gasteiger partial charge on any atom is 0.453 e. The molecule has 9 nitrogen and oxygen atoms in total. The molecule has 0 aromatic carbocycles. The van der Waals surface area contributed by atoms with E-state index in [1.165, 1.54) is 0 Å². The van der Waals surface area contributed by atoms with Gasteiger partial charge in [0.05, 0.1) is 19.8 Å². The molecule has 2 fully saturated rings. The number of ether oxygens (including phenoxy) is 1. The zero-order valence-electron chi connectivity index (χ0n) is 16.9. The first kappa shape index (κ1) is 20.8. The van der Waals surface area contributed by atoms with Crippen LogP contribution in [0.2, 0.25) is 0 Å². The summed E-state index contributed by atoms with van der Waals surface area (Å²) < 4.78 is 45.8. The molecule has 0 atom stereocenters. The van der Waals surface area contributed by atoms with Crippen molar-refractivity contribution in [3.05, 3.63) is 17.0 Å². The minimum atomic E-state index is -4.64. The SMILES string of the molecule is Cc1c(N2CCN(C(=O)CN3CCOCC3)CC2)nn2c(C(F)(F)F)nnc2c1C. The molecule has 0 saturated carbocycles. The van der Waals surface area contributed by atoms with Gasteiger partial charge in [-0.3, -0.25) is 9.69 Å². The summed E-state index contributed by atoms with van der Waals surface area (Å²) in [6.07, 6.45) is -4.64. The fourth-order valence-corrected chi connectivity index (χ4v) is 3.81. The van der Waals surface area contributed by atoms with Crippen molar-refractivity contribution in [2.75, 3.05) is 63.9 Å². The largest absolute Gasteiger partial charge is 0.453 e. The fourth-order valence-electron chi connectivity index (χ4n) is 3.81. The molecule has 2 aliphatic heterocycles. The van der Waals surface area contributed by atoms with E-state index >= 15 is 0 Å². The van der Waals surface area contributed by atoms with Crippen molar-refractivity contribution in [2.45, 2.75) is 20.0 Å². The van der Waals surface area contributed by atoms with Gasteiger partial charge in [-0.1, -0.05) is 0 Å². The molecule has 1 amide bonds. The van der Waals surface area contributed by atoms with Crippen LogP contribution in [-0.4, -0.2) is 94.5 Å². The maximum absolute atomic E-state index is 13.3. The van der Waals surface area contributed by atoms with Crippen LogP contribution in [-0.2, 0) is 15.7 Å². The second kappa shape index (κ2) is 7.99. The first-order valence-corrected chi connectivity index (χ1v) is 9.88. The number of carbonyl (C=O) groups excluding carboxylic acids is 1. The molecular weight excluding hydrogens is 403 g/mol. The van der Waals surface area contributed by atoms with Crippen molar-refractivity contribution in [3.8, 4) is 0 Å². The Labute approximate surface area is 171 Å². The average molecular weight is 427 g/mol. The summed E-state index contributed by atoms with van der Waals surface area (Å²) in [6, 6.07) is 0. The van der Waals surface area contributed by atoms with E-state index in [-0.39, 0.29) is 11.6 Å². The minimum absolute atomic E-state index is 0.0611. The fraction of sp³-hybridized carbons (Fsp3) is 0.667. The number of anilines is 1. The molecular formula is C18H24F3N7O2. The Balaban J connectivity index is 1.49. The Morgan fingerprint density at radius 2 is 1.67 bits per heavy atom. The summed E-state index contributed by atoms with van der Waals surface area (Å²) >= 11 is 0. The predicted molar refractivity (Wildman–Crippen MR) is 101 cm³/mol. The monoisotopic (exact) mass is 427 g/mol. The van der Waals surface area contributed by atoms with Gasteiger partial charge in [0, 0.05) is 50.4 Å². The van der Waals surface area contributed by atoms with Crippen LogP contribution in [0.25, 0.3) is 5.65 Å². The Kier molecular flexibility index (Phi) is 5.53. The lowest BCUT2D eigenvalue weighted by Crippen LogP contribution is -2.52. The van der Waals surface area contributed by atoms with Crippen LogP contribution in [0.4, 0.5) is 19.0 Å². The van der Waals surface area contributed by atoms with Gasteiger partial charge in [0.2, 0.25) is 5.91 Å². The van der Waals surface area contributed by atoms with Crippen molar-refractivity contribution in [1.82, 2.24) is 29.6 Å². The highest BCUT2D eigenvalue weighted by Crippen LogP contribution is 2.30. The third-order valence-electron chi connectivity index (χ3n) is 5.72. The van der Waals surface area contributed by atoms with E-state index in [2.05, 4.69) is 20.2 Å². The van der Waals surface area contributed by atoms with Gasteiger partial charge in [-0.2, -0.15) is 17.7 Å². The highest BCUT2D eigenvalue weighted by Gasteiger charge is 2.38. The van der Waals surface area contributed by atoms with Crippen LogP contribution in [0, 0.1) is 13.8 Å². The van der Waals surface area contributed by atoms with E-state index < -0.39 is 12.0 Å². The number of morpholine rings is 1. The Bertz CT molecular complexity index is 932. The molecule has 0 aliphatic carbocycles. The van der Waals surface area contributed by atoms with Gasteiger partial charge < -0.3 is 14.5 Å². The standard InChI is InChI=1S/C18H24F3N7O2/c1-12-13(2)16(24-28-15(12)22-23-17(28)18(19,20)21)27-5-3-26(4-6-27)14(29)11-25-7-9-30-10-8-25/h3-11H2,1-2H3. The van der Waals surface area contributed by atoms with Crippen molar-refractivity contribution < 1.29 is 22.7 Å². The molecule has 0 unspecified atom stereocenters. The van der Waals surface area contributed by atoms with E-state index in [9.17, 15) is 18.0 Å². The smallest absolute Gasteiger partial charge is 0.379 e. The van der Waals surface area contributed by atoms with Crippen LogP contribution in [0.15, 0.2) is 0 Å². The molecule has 2 aromatic rings. The number of fused-ring (bicyclic) bond motifs is 1. The normalized spacial score (nSPS) is 19.0. The molecule has 4 heterocycles. The number of halogens is 3. The lowest BCUT2D eigenvalue weighted by atomic mass is 10.1. The first-order chi connectivity index (χ1) is 14.3. The molecule has 0 bridgehead atoms. The van der Waals surface area contributed by atoms with Crippen LogP contribution >= 0.6 is 0 Å². The molecule has 0 spiro atoms. The summed E-state index contributed by atoms with van der Waals surface area (Å²) in [6.45, 7) is 8.64. The van der Waals surface area contributed by atoms with Crippen LogP contribution in [0.5, 0.6) is 0 Å². The van der Waals surface area contributed by atoms with Gasteiger partial charge in [0.15, 0.2) is 11.5 Å². The highest BCUT2D eigenvalue weighted by atomic mass is 19.4. The Hall–Kier alpha value is -2.47. The van der Waals surface area contributed by atoms with Gasteiger partial charge >= 0.3 is 6.18 Å². The number of piperazine rings is 1. The number of aryl methyl sites for hydroxylation is 1. The first-order valence-electron chi connectivity index (χ1n) is 9.88. The lowest BCUT2D eigenvalue weighted by molar-refractivity contribution is -0.146. The molecule has 2 saturated heterocycles. The van der Waals surface area contributed by atoms with E-state index in [0.29, 0.717) is 57.3 Å². The molecule has 164 valence electrons. The molecule has 2 aromatic heterocycles. The topological polar surface area (TPSA) is 79.1 Å². The predicted octanol–water partition coefficient (Wildman–Crippen LogP) is 0.741. The van der Waals surface area contributed by atoms with Crippen LogP contribution in [0.3, 0.4) is 0 Å². The van der Waals surface area contributed by atoms with Crippen LogP contribution in [0.1, 0.15) is 17.0 Å². The molecule has 0 N–H and O–H groups in total. The number of carbonyl (C=O) groups is 1. The molecule has 0 radical (unpaired) electrons. The summed E-state index contributed by atoms with van der Waals surface area (Å²) in [5.41, 5.74) is 1.47. The second-order valence-electron chi connectivity index (χ2n) is 7.59. The maximum atomic E-state index is 13.3. The zero-order valence-corrected chi connectivity index (χ0v) is 16.9. The Morgan fingerprint density at radius 3 is 2.30 bits per heavy atom. The number of rotatable bonds is 3. The number of amides is 1. The number of hydrogen-bond donors (Lipinski definition) is 0. The van der Waals surface area contributed by atoms with E-state index in [0.717, 1.165) is 23.2 Å². The van der Waals surface area contributed by atoms with Gasteiger partial charge in [0.1, 0.15) is 0 Å². The zero-order chi connectivity index (χ0) is 21.5. The van der Waals surface area contributed by atoms with Gasteiger partial charge in [-0.25, -0.2) is 0 Å². The van der Waals surface area contributed by atoms with Crippen molar-refractivity contribution in [3.63, 3.8) is 0 Å². The summed E-state index contributed by atoms with van der Waals surface area (Å²) in [4.78, 5) is 18.4. The van der Waals surface area contributed by atoms with Gasteiger partial charge in [-0.05, 0) is 13.8 Å². The Morgan fingerprint density at radius 1 is 1.00 bits per heavy atom. The summed E-state index contributed by atoms with van der Waals surface area (Å²) in [5, 5.41) is 11.2. The lowest BCUT2D eigenvalue weighted by Gasteiger charge is -2.37. The van der Waals surface area contributed by atoms with Crippen LogP contribution < -0.4 is 4.90 Å². The molecule has 4 rings (SSSR count). The minimum Gasteiger partial charge on any atom is -0.379 e. The number of alkyl halides is 3. The average Bonchev–Trinajstić information content (AvgIpc) is 3.16. The molecule has 30 heavy (non-hydrogen) atoms. The highest BCUT2D eigenvalue weighted by molar-refractivity contribution is 5.78. The van der Waals surface area contributed by atoms with E-state index in [1.807, 2.05) is 11.8 Å². The number of hydrogen-bond acceptors (Lipinski definition) is 7. The third kappa shape index (κ3) is 3.93. The number of nitrogens with zero attached hydrogens (tertiary/aromatic N) is 7. The third-order valence-corrected chi connectivity index (χ3v) is 5.72. The second-order valence-corrected chi connectivity index (χ2v) is 7.59. The van der Waals surface area contributed by atoms with Crippen molar-refractivity contribution in [1.29, 1.82) is 0 Å². The summed E-state index contributed by atoms with van der Waals surface area (Å²) in [5.74, 6) is -0.613. The molecule has 2 aliphatic rings. The van der Waals surface area contributed by atoms with Gasteiger partial charge in [0.25, 0.3) is 5.82 Å². The molecule has 12 heteroatoms. The van der Waals surface area contributed by atoms with Crippen molar-refractivity contribution >= 4 is 17.4 Å². The number of aromatic nitrogens is 4. The summed E-state index contributed by atoms with van der Waals surface area (Å²) in [7, 11) is 0. The van der Waals surface area contributed by atoms with Crippen molar-refractivity contribution in [2.24, 2.45) is 0 Å². The quantitative estimate of drug-likeness (QED) is 0.715. The van der Waals surface area contributed by atoms with E-state index in [1.54, 1.807) is 11.8 Å².